The number of nitrogens with one attached hydrogen (secondary N) is 2. The number of carbonyl (C=O) groups excluding carboxylic acids is 1. The van der Waals surface area contributed by atoms with Crippen molar-refractivity contribution in [2.75, 3.05) is 6.16 Å². The number of benzene rings is 1. The molecule has 0 fully saturated rings. The smallest absolute Gasteiger partial charge is 0.326 e. The van der Waals surface area contributed by atoms with Crippen LogP contribution in [0.2, 0.25) is 0 Å². The molecule has 8 heteroatoms. The van der Waals surface area contributed by atoms with Crippen molar-refractivity contribution < 1.29 is 24.2 Å². The van der Waals surface area contributed by atoms with Crippen molar-refractivity contribution in [3.63, 3.8) is 0 Å². The van der Waals surface area contributed by atoms with Crippen LogP contribution in [0.4, 0.5) is 0 Å². The average Bonchev–Trinajstić information content (AvgIpc) is 2.69. The van der Waals surface area contributed by atoms with Crippen LogP contribution in [-0.2, 0) is 20.6 Å². The van der Waals surface area contributed by atoms with Crippen molar-refractivity contribution in [3.05, 3.63) is 35.9 Å². The first-order chi connectivity index (χ1) is 14.6. The monoisotopic (exact) mass is 454 g/mol. The Morgan fingerprint density at radius 1 is 1.00 bits per heavy atom. The van der Waals surface area contributed by atoms with Gasteiger partial charge in [0.25, 0.3) is 7.52 Å². The summed E-state index contributed by atoms with van der Waals surface area (Å²) >= 11 is 0. The number of hydrogen-bond acceptors (Lipinski definition) is 3. The van der Waals surface area contributed by atoms with E-state index in [0.29, 0.717) is 6.42 Å². The van der Waals surface area contributed by atoms with Gasteiger partial charge in [-0.2, -0.15) is 0 Å². The molecule has 1 amide bonds. The van der Waals surface area contributed by atoms with Gasteiger partial charge >= 0.3 is 5.97 Å². The third-order valence-electron chi connectivity index (χ3n) is 5.09. The Bertz CT molecular complexity index is 711. The number of unbranched alkanes of at least 4 members (excludes halogenated alkanes) is 5. The molecule has 1 aromatic carbocycles. The van der Waals surface area contributed by atoms with E-state index >= 15 is 0 Å². The van der Waals surface area contributed by atoms with Crippen LogP contribution >= 0.6 is 7.52 Å². The van der Waals surface area contributed by atoms with Gasteiger partial charge < -0.3 is 15.3 Å². The fraction of sp³-hybridized carbons (Fsp3) is 0.652. The fourth-order valence-corrected chi connectivity index (χ4v) is 4.90. The quantitative estimate of drug-likeness (QED) is 0.218. The van der Waals surface area contributed by atoms with Crippen LogP contribution in [0.5, 0.6) is 0 Å². The van der Waals surface area contributed by atoms with Crippen LogP contribution in [0.3, 0.4) is 0 Å². The molecule has 1 aromatic rings. The molecule has 7 nitrogen and oxygen atoms in total. The lowest BCUT2D eigenvalue weighted by Crippen LogP contribution is -2.50. The second-order valence-electron chi connectivity index (χ2n) is 8.59. The standard InChI is InChI=1S/C23H39N2O5P/c1-4-5-6-7-8-12-15-31(29,30)25-20(17-19-13-10-9-11-14-19)22(26)24-21(23(27)28)16-18(2)3/h9-11,13-14,18,20-21H,4-8,12,15-17H2,1-3H3,(H,24,26)(H,27,28)(H2,25,29,30)/t20-,21-/m0/s1. The molecule has 0 aromatic heterocycles. The summed E-state index contributed by atoms with van der Waals surface area (Å²) in [6.07, 6.45) is 6.50. The zero-order chi connectivity index (χ0) is 23.3. The molecule has 0 aliphatic heterocycles. The van der Waals surface area contributed by atoms with Gasteiger partial charge in [0, 0.05) is 6.16 Å². The highest BCUT2D eigenvalue weighted by Crippen LogP contribution is 2.37. The molecule has 0 spiro atoms. The van der Waals surface area contributed by atoms with Crippen molar-refractivity contribution in [1.29, 1.82) is 0 Å². The summed E-state index contributed by atoms with van der Waals surface area (Å²) in [7, 11) is -3.75. The Morgan fingerprint density at radius 3 is 2.19 bits per heavy atom. The third kappa shape index (κ3) is 12.1. The lowest BCUT2D eigenvalue weighted by atomic mass is 10.0. The van der Waals surface area contributed by atoms with E-state index in [1.165, 1.54) is 0 Å². The van der Waals surface area contributed by atoms with Crippen molar-refractivity contribution in [2.45, 2.75) is 84.2 Å². The van der Waals surface area contributed by atoms with Crippen molar-refractivity contribution in [1.82, 2.24) is 10.4 Å². The number of carbonyl (C=O) groups is 2. The van der Waals surface area contributed by atoms with Gasteiger partial charge in [0.15, 0.2) is 0 Å². The normalized spacial score (nSPS) is 15.3. The molecule has 1 rings (SSSR count). The summed E-state index contributed by atoms with van der Waals surface area (Å²) in [4.78, 5) is 34.9. The van der Waals surface area contributed by atoms with Gasteiger partial charge in [-0.15, -0.1) is 0 Å². The third-order valence-corrected chi connectivity index (χ3v) is 6.73. The maximum Gasteiger partial charge on any atom is 0.326 e. The fourth-order valence-electron chi connectivity index (χ4n) is 3.43. The molecule has 31 heavy (non-hydrogen) atoms. The summed E-state index contributed by atoms with van der Waals surface area (Å²) < 4.78 is 12.8. The number of rotatable bonds is 16. The minimum atomic E-state index is -3.75. The Labute approximate surface area is 186 Å². The molecular formula is C23H39N2O5P. The lowest BCUT2D eigenvalue weighted by molar-refractivity contribution is -0.142. The first kappa shape index (κ1) is 27.3. The first-order valence-corrected chi connectivity index (χ1v) is 13.2. The van der Waals surface area contributed by atoms with Crippen LogP contribution < -0.4 is 10.4 Å². The van der Waals surface area contributed by atoms with Gasteiger partial charge in [0.2, 0.25) is 5.91 Å². The Morgan fingerprint density at radius 2 is 1.61 bits per heavy atom. The summed E-state index contributed by atoms with van der Waals surface area (Å²) in [5.41, 5.74) is 0.824. The maximum atomic E-state index is 12.9. The Hall–Kier alpha value is -1.69. The Balaban J connectivity index is 2.81. The van der Waals surface area contributed by atoms with Gasteiger partial charge in [0.05, 0.1) is 6.04 Å². The van der Waals surface area contributed by atoms with E-state index < -0.39 is 31.5 Å². The molecular weight excluding hydrogens is 415 g/mol. The molecule has 0 bridgehead atoms. The molecule has 0 saturated heterocycles. The molecule has 0 aliphatic rings. The van der Waals surface area contributed by atoms with Gasteiger partial charge in [0.1, 0.15) is 6.04 Å². The van der Waals surface area contributed by atoms with E-state index in [2.05, 4.69) is 17.3 Å². The van der Waals surface area contributed by atoms with Gasteiger partial charge in [-0.1, -0.05) is 83.2 Å². The van der Waals surface area contributed by atoms with E-state index in [1.54, 1.807) is 0 Å². The Kier molecular flexibility index (Phi) is 12.7. The topological polar surface area (TPSA) is 116 Å². The zero-order valence-corrected chi connectivity index (χ0v) is 19.9. The predicted molar refractivity (Wildman–Crippen MR) is 124 cm³/mol. The zero-order valence-electron chi connectivity index (χ0n) is 19.0. The predicted octanol–water partition coefficient (Wildman–Crippen LogP) is 4.35. The van der Waals surface area contributed by atoms with E-state index in [-0.39, 0.29) is 24.9 Å². The lowest BCUT2D eigenvalue weighted by Gasteiger charge is -2.24. The highest BCUT2D eigenvalue weighted by atomic mass is 31.2. The molecule has 0 radical (unpaired) electrons. The molecule has 0 aliphatic carbocycles. The van der Waals surface area contributed by atoms with Gasteiger partial charge in [-0.05, 0) is 30.7 Å². The second kappa shape index (κ2) is 14.4. The molecule has 4 N–H and O–H groups in total. The van der Waals surface area contributed by atoms with Crippen LogP contribution in [0.1, 0.15) is 71.3 Å². The maximum absolute atomic E-state index is 12.9. The van der Waals surface area contributed by atoms with Gasteiger partial charge in [-0.25, -0.2) is 9.88 Å². The summed E-state index contributed by atoms with van der Waals surface area (Å²) in [6.45, 7) is 5.90. The van der Waals surface area contributed by atoms with Crippen LogP contribution in [0.15, 0.2) is 30.3 Å². The molecule has 0 heterocycles. The van der Waals surface area contributed by atoms with E-state index in [9.17, 15) is 24.2 Å². The number of amides is 1. The highest BCUT2D eigenvalue weighted by Gasteiger charge is 2.30. The van der Waals surface area contributed by atoms with Crippen molar-refractivity contribution in [2.24, 2.45) is 5.92 Å². The largest absolute Gasteiger partial charge is 0.480 e. The number of hydrogen-bond donors (Lipinski definition) is 4. The second-order valence-corrected chi connectivity index (χ2v) is 10.7. The van der Waals surface area contributed by atoms with E-state index in [0.717, 1.165) is 37.7 Å². The number of carboxylic acid groups (broad SMARTS) is 1. The summed E-state index contributed by atoms with van der Waals surface area (Å²) in [5, 5.41) is 14.6. The average molecular weight is 455 g/mol. The molecule has 0 saturated carbocycles. The number of aliphatic carboxylic acids is 1. The minimum Gasteiger partial charge on any atom is -0.480 e. The van der Waals surface area contributed by atoms with Crippen molar-refractivity contribution in [3.8, 4) is 0 Å². The van der Waals surface area contributed by atoms with E-state index in [4.69, 9.17) is 0 Å². The van der Waals surface area contributed by atoms with Crippen LogP contribution in [-0.4, -0.2) is 40.1 Å². The SMILES string of the molecule is CCCCCCCCP(=O)(O)N[C@@H](Cc1ccccc1)C(=O)N[C@@H](CC(C)C)C(=O)O. The van der Waals surface area contributed by atoms with Gasteiger partial charge in [-0.3, -0.25) is 9.36 Å². The highest BCUT2D eigenvalue weighted by molar-refractivity contribution is 7.55. The number of carboxylic acids is 1. The summed E-state index contributed by atoms with van der Waals surface area (Å²) in [5.74, 6) is -1.60. The van der Waals surface area contributed by atoms with Crippen LogP contribution in [0.25, 0.3) is 0 Å². The molecule has 3 atom stereocenters. The van der Waals surface area contributed by atoms with E-state index in [1.807, 2.05) is 44.2 Å². The first-order valence-electron chi connectivity index (χ1n) is 11.3. The van der Waals surface area contributed by atoms with Crippen LogP contribution in [0, 0.1) is 5.92 Å². The molecule has 176 valence electrons. The minimum absolute atomic E-state index is 0.0820. The molecule has 1 unspecified atom stereocenters. The summed E-state index contributed by atoms with van der Waals surface area (Å²) in [6, 6.07) is 7.15. The van der Waals surface area contributed by atoms with Crippen molar-refractivity contribution >= 4 is 19.4 Å².